The molecule has 0 N–H and O–H groups in total. The van der Waals surface area contributed by atoms with Crippen LogP contribution >= 0.6 is 22.6 Å². The summed E-state index contributed by atoms with van der Waals surface area (Å²) in [5, 5.41) is 3.35. The van der Waals surface area contributed by atoms with E-state index in [1.54, 1.807) is 6.92 Å². The van der Waals surface area contributed by atoms with E-state index >= 15 is 0 Å². The van der Waals surface area contributed by atoms with Crippen LogP contribution in [0.1, 0.15) is 11.3 Å². The number of aromatic nitrogens is 4. The number of alkyl halides is 3. The van der Waals surface area contributed by atoms with Gasteiger partial charge in [0.25, 0.3) is 0 Å². The molecule has 9 heteroatoms. The van der Waals surface area contributed by atoms with Gasteiger partial charge in [-0.25, -0.2) is 9.67 Å². The number of rotatable bonds is 2. The van der Waals surface area contributed by atoms with Crippen LogP contribution in [0.3, 0.4) is 0 Å². The van der Waals surface area contributed by atoms with Gasteiger partial charge in [0.05, 0.1) is 0 Å². The Morgan fingerprint density at radius 2 is 2.05 bits per heavy atom. The summed E-state index contributed by atoms with van der Waals surface area (Å²) in [4.78, 5) is 7.95. The first kappa shape index (κ1) is 14.0. The van der Waals surface area contributed by atoms with Gasteiger partial charge in [0, 0.05) is 47.5 Å². The Labute approximate surface area is 120 Å². The molecule has 2 heterocycles. The van der Waals surface area contributed by atoms with E-state index in [9.17, 15) is 13.2 Å². The fourth-order valence-electron chi connectivity index (χ4n) is 1.29. The van der Waals surface area contributed by atoms with Crippen molar-refractivity contribution in [2.24, 2.45) is 7.05 Å². The third kappa shape index (κ3) is 3.14. The van der Waals surface area contributed by atoms with E-state index in [2.05, 4.69) is 15.1 Å². The number of halogens is 4. The van der Waals surface area contributed by atoms with Crippen molar-refractivity contribution < 1.29 is 17.9 Å². The van der Waals surface area contributed by atoms with Gasteiger partial charge in [0.15, 0.2) is 9.53 Å². The second kappa shape index (κ2) is 4.94. The third-order valence-electron chi connectivity index (χ3n) is 2.22. The van der Waals surface area contributed by atoms with E-state index in [1.807, 2.05) is 22.6 Å². The Hall–Kier alpha value is -1.39. The lowest BCUT2D eigenvalue weighted by Crippen LogP contribution is -2.06. The van der Waals surface area contributed by atoms with Crippen LogP contribution in [-0.2, 0) is 13.2 Å². The molecule has 2 rings (SSSR count). The average Bonchev–Trinajstić information content (AvgIpc) is 2.65. The zero-order chi connectivity index (χ0) is 14.2. The fraction of sp³-hybridized carbons (Fsp3) is 0.300. The molecule has 5 nitrogen and oxygen atoms in total. The summed E-state index contributed by atoms with van der Waals surface area (Å²) in [6.07, 6.45) is -2.97. The molecule has 0 amide bonds. The summed E-state index contributed by atoms with van der Waals surface area (Å²) in [6.45, 7) is 1.70. The molecule has 0 spiro atoms. The van der Waals surface area contributed by atoms with E-state index in [0.717, 1.165) is 10.7 Å². The molecule has 0 fully saturated rings. The summed E-state index contributed by atoms with van der Waals surface area (Å²) < 4.78 is 44.3. The Morgan fingerprint density at radius 1 is 1.37 bits per heavy atom. The van der Waals surface area contributed by atoms with Crippen LogP contribution < -0.4 is 4.74 Å². The maximum absolute atomic E-state index is 12.5. The molecule has 0 bridgehead atoms. The Bertz CT molecular complexity index is 611. The molecule has 0 radical (unpaired) electrons. The molecule has 0 unspecified atom stereocenters. The zero-order valence-corrected chi connectivity index (χ0v) is 12.0. The highest BCUT2D eigenvalue weighted by Gasteiger charge is 2.35. The highest BCUT2D eigenvalue weighted by molar-refractivity contribution is 14.1. The normalized spacial score (nSPS) is 11.7. The molecule has 0 atom stereocenters. The molecule has 0 aliphatic carbocycles. The van der Waals surface area contributed by atoms with Gasteiger partial charge in [-0.1, -0.05) is 0 Å². The minimum absolute atomic E-state index is 0.0371. The van der Waals surface area contributed by atoms with Gasteiger partial charge in [-0.15, -0.1) is 0 Å². The predicted molar refractivity (Wildman–Crippen MR) is 67.8 cm³/mol. The number of hydrogen-bond acceptors (Lipinski definition) is 4. The summed E-state index contributed by atoms with van der Waals surface area (Å²) in [6, 6.07) is 0.828. The third-order valence-corrected chi connectivity index (χ3v) is 2.74. The van der Waals surface area contributed by atoms with Crippen molar-refractivity contribution in [2.75, 3.05) is 0 Å². The lowest BCUT2D eigenvalue weighted by Gasteiger charge is -2.06. The first-order chi connectivity index (χ1) is 8.77. The highest BCUT2D eigenvalue weighted by atomic mass is 127. The SMILES string of the molecule is Cc1cnc(I)nc1Oc1cc(C(F)(F)F)nn1C. The van der Waals surface area contributed by atoms with E-state index < -0.39 is 11.9 Å². The molecular formula is C10H8F3IN4O. The van der Waals surface area contributed by atoms with E-state index in [1.165, 1.54) is 13.2 Å². The van der Waals surface area contributed by atoms with Crippen molar-refractivity contribution in [1.82, 2.24) is 19.7 Å². The molecular weight excluding hydrogens is 376 g/mol. The molecule has 0 saturated heterocycles. The number of ether oxygens (including phenoxy) is 1. The second-order valence-corrected chi connectivity index (χ2v) is 4.68. The summed E-state index contributed by atoms with van der Waals surface area (Å²) in [5.41, 5.74) is -0.387. The van der Waals surface area contributed by atoms with Gasteiger partial charge in [-0.05, 0) is 6.92 Å². The van der Waals surface area contributed by atoms with Crippen LogP contribution in [-0.4, -0.2) is 19.7 Å². The maximum atomic E-state index is 12.5. The lowest BCUT2D eigenvalue weighted by molar-refractivity contribution is -0.141. The van der Waals surface area contributed by atoms with Crippen LogP contribution in [0.15, 0.2) is 12.3 Å². The monoisotopic (exact) mass is 384 g/mol. The van der Waals surface area contributed by atoms with Crippen molar-refractivity contribution in [3.05, 3.63) is 27.4 Å². The van der Waals surface area contributed by atoms with Crippen molar-refractivity contribution in [3.8, 4) is 11.8 Å². The van der Waals surface area contributed by atoms with Crippen LogP contribution in [0.2, 0.25) is 0 Å². The van der Waals surface area contributed by atoms with Crippen LogP contribution in [0.5, 0.6) is 11.8 Å². The van der Waals surface area contributed by atoms with Crippen molar-refractivity contribution in [1.29, 1.82) is 0 Å². The van der Waals surface area contributed by atoms with Crippen molar-refractivity contribution >= 4 is 22.6 Å². The summed E-state index contributed by atoms with van der Waals surface area (Å²) in [7, 11) is 1.37. The zero-order valence-electron chi connectivity index (χ0n) is 9.86. The number of hydrogen-bond donors (Lipinski definition) is 0. The standard InChI is InChI=1S/C10H8F3IN4O/c1-5-4-15-9(14)16-8(5)19-7-3-6(10(11,12)13)17-18(7)2/h3-4H,1-2H3. The number of nitrogens with zero attached hydrogens (tertiary/aromatic N) is 4. The van der Waals surface area contributed by atoms with E-state index in [-0.39, 0.29) is 11.8 Å². The molecule has 2 aromatic rings. The molecule has 0 saturated carbocycles. The Morgan fingerprint density at radius 3 is 2.63 bits per heavy atom. The molecule has 19 heavy (non-hydrogen) atoms. The van der Waals surface area contributed by atoms with Gasteiger partial charge >= 0.3 is 6.18 Å². The fourth-order valence-corrected chi connectivity index (χ4v) is 1.65. The van der Waals surface area contributed by atoms with Gasteiger partial charge in [0.2, 0.25) is 11.8 Å². The van der Waals surface area contributed by atoms with Crippen LogP contribution in [0.4, 0.5) is 13.2 Å². The van der Waals surface area contributed by atoms with E-state index in [0.29, 0.717) is 9.39 Å². The Balaban J connectivity index is 2.34. The van der Waals surface area contributed by atoms with Crippen LogP contribution in [0.25, 0.3) is 0 Å². The van der Waals surface area contributed by atoms with Gasteiger partial charge in [-0.3, -0.25) is 0 Å². The summed E-state index contributed by atoms with van der Waals surface area (Å²) in [5.74, 6) is 0.168. The Kier molecular flexibility index (Phi) is 3.65. The number of aryl methyl sites for hydroxylation is 2. The van der Waals surface area contributed by atoms with Gasteiger partial charge in [-0.2, -0.15) is 23.3 Å². The van der Waals surface area contributed by atoms with Crippen molar-refractivity contribution in [3.63, 3.8) is 0 Å². The topological polar surface area (TPSA) is 52.8 Å². The smallest absolute Gasteiger partial charge is 0.421 e. The quantitative estimate of drug-likeness (QED) is 0.591. The average molecular weight is 384 g/mol. The van der Waals surface area contributed by atoms with Crippen molar-refractivity contribution in [2.45, 2.75) is 13.1 Å². The molecule has 2 aromatic heterocycles. The first-order valence-corrected chi connectivity index (χ1v) is 6.13. The molecule has 0 aliphatic heterocycles. The highest BCUT2D eigenvalue weighted by Crippen LogP contribution is 2.32. The maximum Gasteiger partial charge on any atom is 0.435 e. The van der Waals surface area contributed by atoms with E-state index in [4.69, 9.17) is 4.74 Å². The molecule has 102 valence electrons. The van der Waals surface area contributed by atoms with Crippen LogP contribution in [0, 0.1) is 10.8 Å². The minimum Gasteiger partial charge on any atom is -0.421 e. The predicted octanol–water partition coefficient (Wildman–Crippen LogP) is 2.93. The van der Waals surface area contributed by atoms with Gasteiger partial charge < -0.3 is 4.74 Å². The largest absolute Gasteiger partial charge is 0.435 e. The summed E-state index contributed by atoms with van der Waals surface area (Å²) >= 11 is 1.89. The molecule has 0 aliphatic rings. The lowest BCUT2D eigenvalue weighted by atomic mass is 10.4. The first-order valence-electron chi connectivity index (χ1n) is 5.05. The molecule has 0 aromatic carbocycles. The minimum atomic E-state index is -4.51. The second-order valence-electron chi connectivity index (χ2n) is 3.72. The van der Waals surface area contributed by atoms with Gasteiger partial charge in [0.1, 0.15) is 0 Å².